The number of para-hydroxylation sites is 1. The summed E-state index contributed by atoms with van der Waals surface area (Å²) in [5, 5.41) is 4.49. The van der Waals surface area contributed by atoms with Crippen molar-refractivity contribution in [1.82, 2.24) is 14.7 Å². The van der Waals surface area contributed by atoms with Crippen molar-refractivity contribution in [2.24, 2.45) is 0 Å². The lowest BCUT2D eigenvalue weighted by atomic mass is 10.2. The van der Waals surface area contributed by atoms with Gasteiger partial charge in [-0.15, -0.1) is 5.10 Å². The van der Waals surface area contributed by atoms with E-state index in [0.29, 0.717) is 31.9 Å². The summed E-state index contributed by atoms with van der Waals surface area (Å²) < 4.78 is 6.58. The number of amides is 1. The lowest BCUT2D eigenvalue weighted by Gasteiger charge is -2.35. The molecular formula is C19H18N4O3. The largest absolute Gasteiger partial charge is 0.459 e. The van der Waals surface area contributed by atoms with E-state index in [1.807, 2.05) is 30.3 Å². The molecule has 7 heteroatoms. The van der Waals surface area contributed by atoms with Gasteiger partial charge in [0.15, 0.2) is 5.76 Å². The Kier molecular flexibility index (Phi) is 4.27. The zero-order chi connectivity index (χ0) is 17.9. The second-order valence-electron chi connectivity index (χ2n) is 6.03. The van der Waals surface area contributed by atoms with Crippen LogP contribution in [0.25, 0.3) is 5.69 Å². The van der Waals surface area contributed by atoms with Gasteiger partial charge in [-0.1, -0.05) is 18.2 Å². The van der Waals surface area contributed by atoms with Crippen molar-refractivity contribution in [3.8, 4) is 5.69 Å². The molecule has 3 heterocycles. The molecule has 132 valence electrons. The summed E-state index contributed by atoms with van der Waals surface area (Å²) in [6.07, 6.45) is 1.50. The van der Waals surface area contributed by atoms with Crippen LogP contribution in [0.5, 0.6) is 0 Å². The van der Waals surface area contributed by atoms with Gasteiger partial charge in [0, 0.05) is 32.2 Å². The molecule has 0 N–H and O–H groups in total. The first kappa shape index (κ1) is 16.1. The Bertz CT molecular complexity index is 942. The molecule has 1 aliphatic heterocycles. The van der Waals surface area contributed by atoms with Crippen LogP contribution in [0.3, 0.4) is 0 Å². The maximum absolute atomic E-state index is 12.3. The van der Waals surface area contributed by atoms with Crippen molar-refractivity contribution < 1.29 is 9.21 Å². The second kappa shape index (κ2) is 6.87. The van der Waals surface area contributed by atoms with E-state index in [4.69, 9.17) is 4.42 Å². The predicted molar refractivity (Wildman–Crippen MR) is 96.7 cm³/mol. The predicted octanol–water partition coefficient (Wildman–Crippen LogP) is 1.79. The molecule has 1 saturated heterocycles. The molecule has 0 atom stereocenters. The van der Waals surface area contributed by atoms with Crippen molar-refractivity contribution in [3.05, 3.63) is 77.0 Å². The van der Waals surface area contributed by atoms with Crippen LogP contribution in [0.1, 0.15) is 10.6 Å². The average Bonchev–Trinajstić information content (AvgIpc) is 3.23. The van der Waals surface area contributed by atoms with E-state index in [1.165, 1.54) is 17.0 Å². The molecule has 0 radical (unpaired) electrons. The number of anilines is 1. The van der Waals surface area contributed by atoms with E-state index >= 15 is 0 Å². The highest BCUT2D eigenvalue weighted by molar-refractivity contribution is 5.91. The molecule has 1 amide bonds. The van der Waals surface area contributed by atoms with Gasteiger partial charge in [-0.3, -0.25) is 9.59 Å². The van der Waals surface area contributed by atoms with Crippen LogP contribution in [0, 0.1) is 0 Å². The lowest BCUT2D eigenvalue weighted by molar-refractivity contribution is 0.0714. The number of hydrogen-bond acceptors (Lipinski definition) is 5. The first-order valence-corrected chi connectivity index (χ1v) is 8.46. The Morgan fingerprint density at radius 3 is 2.38 bits per heavy atom. The van der Waals surface area contributed by atoms with Gasteiger partial charge in [-0.25, -0.2) is 0 Å². The molecule has 0 unspecified atom stereocenters. The number of carbonyl (C=O) groups is 1. The minimum absolute atomic E-state index is 0.100. The molecule has 0 saturated carbocycles. The molecule has 0 bridgehead atoms. The normalized spacial score (nSPS) is 14.5. The zero-order valence-corrected chi connectivity index (χ0v) is 14.1. The second-order valence-corrected chi connectivity index (χ2v) is 6.03. The molecule has 3 aromatic rings. The van der Waals surface area contributed by atoms with Crippen molar-refractivity contribution in [2.45, 2.75) is 0 Å². The summed E-state index contributed by atoms with van der Waals surface area (Å²) in [6, 6.07) is 16.0. The molecule has 1 aliphatic rings. The van der Waals surface area contributed by atoms with Gasteiger partial charge >= 0.3 is 0 Å². The number of rotatable bonds is 3. The Labute approximate surface area is 150 Å². The van der Waals surface area contributed by atoms with Gasteiger partial charge in [0.05, 0.1) is 12.0 Å². The van der Waals surface area contributed by atoms with E-state index in [0.717, 1.165) is 11.5 Å². The van der Waals surface area contributed by atoms with Crippen molar-refractivity contribution in [2.75, 3.05) is 31.1 Å². The Balaban J connectivity index is 1.50. The first-order chi connectivity index (χ1) is 12.7. The first-order valence-electron chi connectivity index (χ1n) is 8.46. The van der Waals surface area contributed by atoms with Gasteiger partial charge < -0.3 is 14.2 Å². The third-order valence-corrected chi connectivity index (χ3v) is 4.41. The molecule has 7 nitrogen and oxygen atoms in total. The Morgan fingerprint density at radius 1 is 0.923 bits per heavy atom. The summed E-state index contributed by atoms with van der Waals surface area (Å²) in [5.74, 6) is 0.976. The Hall–Kier alpha value is -3.35. The van der Waals surface area contributed by atoms with Crippen LogP contribution in [0.2, 0.25) is 0 Å². The summed E-state index contributed by atoms with van der Waals surface area (Å²) in [6.45, 7) is 2.44. The van der Waals surface area contributed by atoms with Crippen molar-refractivity contribution >= 4 is 11.7 Å². The Morgan fingerprint density at radius 2 is 1.69 bits per heavy atom. The molecule has 1 aromatic carbocycles. The number of hydrogen-bond donors (Lipinski definition) is 0. The highest BCUT2D eigenvalue weighted by Crippen LogP contribution is 2.15. The van der Waals surface area contributed by atoms with Crippen LogP contribution < -0.4 is 10.5 Å². The number of furan rings is 1. The minimum Gasteiger partial charge on any atom is -0.459 e. The van der Waals surface area contributed by atoms with Gasteiger partial charge in [-0.05, 0) is 30.3 Å². The number of piperazine rings is 1. The van der Waals surface area contributed by atoms with Gasteiger partial charge in [0.2, 0.25) is 0 Å². The van der Waals surface area contributed by atoms with Crippen LogP contribution in [-0.2, 0) is 0 Å². The van der Waals surface area contributed by atoms with E-state index in [1.54, 1.807) is 23.1 Å². The molecule has 0 spiro atoms. The summed E-state index contributed by atoms with van der Waals surface area (Å²) in [4.78, 5) is 28.3. The summed E-state index contributed by atoms with van der Waals surface area (Å²) >= 11 is 0. The van der Waals surface area contributed by atoms with E-state index < -0.39 is 0 Å². The van der Waals surface area contributed by atoms with Gasteiger partial charge in [0.1, 0.15) is 5.82 Å². The standard InChI is InChI=1S/C19H18N4O3/c24-18-9-8-17(20-23(18)15-5-2-1-3-6-15)21-10-12-22(13-11-21)19(25)16-7-4-14-26-16/h1-9,14H,10-13H2. The molecule has 4 rings (SSSR count). The maximum atomic E-state index is 12.3. The molecule has 0 aliphatic carbocycles. The monoisotopic (exact) mass is 350 g/mol. The molecule has 26 heavy (non-hydrogen) atoms. The third-order valence-electron chi connectivity index (χ3n) is 4.41. The fraction of sp³-hybridized carbons (Fsp3) is 0.211. The highest BCUT2D eigenvalue weighted by Gasteiger charge is 2.24. The van der Waals surface area contributed by atoms with Crippen LogP contribution >= 0.6 is 0 Å². The molecular weight excluding hydrogens is 332 g/mol. The number of benzene rings is 1. The number of nitrogens with zero attached hydrogens (tertiary/aromatic N) is 4. The summed E-state index contributed by atoms with van der Waals surface area (Å²) in [5.41, 5.74) is 0.553. The fourth-order valence-electron chi connectivity index (χ4n) is 3.02. The van der Waals surface area contributed by atoms with Gasteiger partial charge in [0.25, 0.3) is 11.5 Å². The summed E-state index contributed by atoms with van der Waals surface area (Å²) in [7, 11) is 0. The lowest BCUT2D eigenvalue weighted by Crippen LogP contribution is -2.49. The van der Waals surface area contributed by atoms with Gasteiger partial charge in [-0.2, -0.15) is 4.68 Å². The average molecular weight is 350 g/mol. The van der Waals surface area contributed by atoms with E-state index in [2.05, 4.69) is 10.00 Å². The topological polar surface area (TPSA) is 71.6 Å². The SMILES string of the molecule is O=C(c1ccco1)N1CCN(c2ccc(=O)n(-c3ccccc3)n2)CC1. The fourth-order valence-corrected chi connectivity index (χ4v) is 3.02. The van der Waals surface area contributed by atoms with E-state index in [-0.39, 0.29) is 11.5 Å². The van der Waals surface area contributed by atoms with Crippen LogP contribution in [-0.4, -0.2) is 46.8 Å². The quantitative estimate of drug-likeness (QED) is 0.720. The van der Waals surface area contributed by atoms with Crippen molar-refractivity contribution in [1.29, 1.82) is 0 Å². The van der Waals surface area contributed by atoms with Crippen LogP contribution in [0.4, 0.5) is 5.82 Å². The molecule has 1 fully saturated rings. The maximum Gasteiger partial charge on any atom is 0.289 e. The minimum atomic E-state index is -0.174. The smallest absolute Gasteiger partial charge is 0.289 e. The zero-order valence-electron chi connectivity index (χ0n) is 14.1. The van der Waals surface area contributed by atoms with Crippen molar-refractivity contribution in [3.63, 3.8) is 0 Å². The number of aromatic nitrogens is 2. The van der Waals surface area contributed by atoms with E-state index in [9.17, 15) is 9.59 Å². The number of carbonyl (C=O) groups excluding carboxylic acids is 1. The third kappa shape index (κ3) is 3.11. The highest BCUT2D eigenvalue weighted by atomic mass is 16.3. The van der Waals surface area contributed by atoms with Crippen LogP contribution in [0.15, 0.2) is 70.1 Å². The molecule has 2 aromatic heterocycles.